The maximum Gasteiger partial charge on any atom is 0.333 e. The van der Waals surface area contributed by atoms with Crippen LogP contribution in [0.25, 0.3) is 17.0 Å². The van der Waals surface area contributed by atoms with E-state index in [0.717, 1.165) is 5.56 Å². The smallest absolute Gasteiger partial charge is 0.333 e. The fourth-order valence-electron chi connectivity index (χ4n) is 2.91. The zero-order chi connectivity index (χ0) is 23.6. The Morgan fingerprint density at radius 3 is 2.52 bits per heavy atom. The van der Waals surface area contributed by atoms with Crippen molar-refractivity contribution >= 4 is 11.7 Å². The first-order valence-corrected chi connectivity index (χ1v) is 10.4. The Kier molecular flexibility index (Phi) is 8.56. The lowest BCUT2D eigenvalue weighted by atomic mass is 10.1. The summed E-state index contributed by atoms with van der Waals surface area (Å²) in [6, 6.07) is 14.6. The highest BCUT2D eigenvalue weighted by atomic mass is 19.1. The highest BCUT2D eigenvalue weighted by molar-refractivity contribution is 5.72. The van der Waals surface area contributed by atoms with Gasteiger partial charge in [-0.2, -0.15) is 0 Å². The molecular formula is C24H25FN2O6. The zero-order valence-electron chi connectivity index (χ0n) is 18.3. The van der Waals surface area contributed by atoms with Crippen LogP contribution < -0.4 is 10.2 Å². The summed E-state index contributed by atoms with van der Waals surface area (Å²) in [5.41, 5.74) is 5.18. The van der Waals surface area contributed by atoms with Gasteiger partial charge in [0.25, 0.3) is 0 Å². The Morgan fingerprint density at radius 1 is 1.15 bits per heavy atom. The van der Waals surface area contributed by atoms with Gasteiger partial charge in [-0.05, 0) is 55.8 Å². The molecule has 33 heavy (non-hydrogen) atoms. The first kappa shape index (κ1) is 24.0. The molecule has 3 rings (SSSR count). The molecule has 0 amide bonds. The number of nitrogens with zero attached hydrogens (tertiary/aromatic N) is 1. The van der Waals surface area contributed by atoms with Crippen LogP contribution in [0, 0.1) is 5.82 Å². The normalized spacial score (nSPS) is 12.4. The third kappa shape index (κ3) is 6.90. The molecule has 3 aromatic rings. The SMILES string of the molecule is CCONC(=COc1ccc(CC(OCC)C(=O)O)cc1)c1cc(-c2ccc(F)cc2)no1. The van der Waals surface area contributed by atoms with Crippen molar-refractivity contribution in [3.63, 3.8) is 0 Å². The van der Waals surface area contributed by atoms with Crippen molar-refractivity contribution in [1.82, 2.24) is 10.6 Å². The molecule has 0 fully saturated rings. The average Bonchev–Trinajstić information content (AvgIpc) is 3.30. The number of hydrogen-bond acceptors (Lipinski definition) is 7. The standard InChI is InChI=1S/C24H25FN2O6/c1-3-30-23(24(28)29)13-16-5-11-19(12-6-16)31-15-21(26-32-4-2)22-14-20(27-33-22)17-7-9-18(25)10-8-17/h5-12,14-15,23,26H,3-4,13H2,1-2H3,(H,28,29). The number of halogens is 1. The van der Waals surface area contributed by atoms with Crippen molar-refractivity contribution < 1.29 is 33.1 Å². The van der Waals surface area contributed by atoms with Crippen molar-refractivity contribution in [3.8, 4) is 17.0 Å². The molecular weight excluding hydrogens is 431 g/mol. The molecule has 2 aromatic carbocycles. The Hall–Kier alpha value is -3.69. The summed E-state index contributed by atoms with van der Waals surface area (Å²) in [6.45, 7) is 4.30. The van der Waals surface area contributed by atoms with Crippen molar-refractivity contribution in [2.24, 2.45) is 0 Å². The van der Waals surface area contributed by atoms with E-state index in [1.165, 1.54) is 18.4 Å². The monoisotopic (exact) mass is 456 g/mol. The van der Waals surface area contributed by atoms with E-state index < -0.39 is 12.1 Å². The minimum atomic E-state index is -1.00. The van der Waals surface area contributed by atoms with Crippen molar-refractivity contribution in [2.75, 3.05) is 13.2 Å². The highest BCUT2D eigenvalue weighted by Gasteiger charge is 2.18. The minimum absolute atomic E-state index is 0.251. The van der Waals surface area contributed by atoms with Crippen LogP contribution in [0.2, 0.25) is 0 Å². The number of ether oxygens (including phenoxy) is 2. The van der Waals surface area contributed by atoms with Crippen molar-refractivity contribution in [2.45, 2.75) is 26.4 Å². The van der Waals surface area contributed by atoms with E-state index in [1.807, 2.05) is 6.92 Å². The van der Waals surface area contributed by atoms with Gasteiger partial charge in [-0.1, -0.05) is 17.3 Å². The Labute approximate surface area is 190 Å². The van der Waals surface area contributed by atoms with Gasteiger partial charge >= 0.3 is 5.97 Å². The zero-order valence-corrected chi connectivity index (χ0v) is 18.3. The lowest BCUT2D eigenvalue weighted by molar-refractivity contribution is -0.149. The summed E-state index contributed by atoms with van der Waals surface area (Å²) in [6.07, 6.45) is 0.769. The summed E-state index contributed by atoms with van der Waals surface area (Å²) in [5, 5.41) is 13.2. The summed E-state index contributed by atoms with van der Waals surface area (Å²) in [4.78, 5) is 16.5. The van der Waals surface area contributed by atoms with Crippen LogP contribution in [0.1, 0.15) is 25.2 Å². The number of nitrogens with one attached hydrogen (secondary N) is 1. The summed E-state index contributed by atoms with van der Waals surface area (Å²) in [7, 11) is 0. The third-order valence-electron chi connectivity index (χ3n) is 4.54. The molecule has 174 valence electrons. The van der Waals surface area contributed by atoms with E-state index in [1.54, 1.807) is 49.4 Å². The number of carboxylic acid groups (broad SMARTS) is 1. The van der Waals surface area contributed by atoms with Crippen molar-refractivity contribution in [1.29, 1.82) is 0 Å². The van der Waals surface area contributed by atoms with Crippen LogP contribution in [-0.4, -0.2) is 35.6 Å². The van der Waals surface area contributed by atoms with Crippen LogP contribution >= 0.6 is 0 Å². The molecule has 0 saturated carbocycles. The van der Waals surface area contributed by atoms with E-state index in [2.05, 4.69) is 10.6 Å². The molecule has 0 aliphatic rings. The number of aliphatic carboxylic acids is 1. The first-order chi connectivity index (χ1) is 16.0. The molecule has 0 aliphatic carbocycles. The molecule has 2 N–H and O–H groups in total. The molecule has 0 saturated heterocycles. The van der Waals surface area contributed by atoms with Crippen LogP contribution in [0.15, 0.2) is 65.4 Å². The summed E-state index contributed by atoms with van der Waals surface area (Å²) >= 11 is 0. The molecule has 9 heteroatoms. The maximum absolute atomic E-state index is 13.2. The van der Waals surface area contributed by atoms with Gasteiger partial charge in [-0.3, -0.25) is 10.3 Å². The minimum Gasteiger partial charge on any atom is -0.479 e. The van der Waals surface area contributed by atoms with E-state index in [-0.39, 0.29) is 12.2 Å². The van der Waals surface area contributed by atoms with Crippen LogP contribution in [-0.2, 0) is 20.8 Å². The topological polar surface area (TPSA) is 103 Å². The number of rotatable bonds is 12. The fraction of sp³-hybridized carbons (Fsp3) is 0.250. The van der Waals surface area contributed by atoms with Crippen LogP contribution in [0.4, 0.5) is 4.39 Å². The average molecular weight is 456 g/mol. The molecule has 0 aliphatic heterocycles. The fourth-order valence-corrected chi connectivity index (χ4v) is 2.91. The molecule has 8 nitrogen and oxygen atoms in total. The largest absolute Gasteiger partial charge is 0.479 e. The molecule has 1 unspecified atom stereocenters. The van der Waals surface area contributed by atoms with Crippen LogP contribution in [0.3, 0.4) is 0 Å². The lowest BCUT2D eigenvalue weighted by Crippen LogP contribution is -2.26. The second kappa shape index (κ2) is 11.8. The van der Waals surface area contributed by atoms with Gasteiger partial charge in [-0.15, -0.1) is 0 Å². The van der Waals surface area contributed by atoms with E-state index in [9.17, 15) is 14.3 Å². The molecule has 1 heterocycles. The van der Waals surface area contributed by atoms with Gasteiger partial charge in [0.05, 0.1) is 6.61 Å². The van der Waals surface area contributed by atoms with Gasteiger partial charge in [0.15, 0.2) is 11.9 Å². The van der Waals surface area contributed by atoms with Gasteiger partial charge in [0.1, 0.15) is 29.2 Å². The van der Waals surface area contributed by atoms with Gasteiger partial charge < -0.3 is 19.1 Å². The Morgan fingerprint density at radius 2 is 1.88 bits per heavy atom. The molecule has 0 radical (unpaired) electrons. The number of hydrogen-bond donors (Lipinski definition) is 2. The quantitative estimate of drug-likeness (QED) is 0.305. The maximum atomic E-state index is 13.2. The van der Waals surface area contributed by atoms with E-state index >= 15 is 0 Å². The molecule has 1 aromatic heterocycles. The summed E-state index contributed by atoms with van der Waals surface area (Å²) < 4.78 is 29.5. The van der Waals surface area contributed by atoms with Gasteiger partial charge in [0.2, 0.25) is 0 Å². The summed E-state index contributed by atoms with van der Waals surface area (Å²) in [5.74, 6) is -0.452. The number of aromatic nitrogens is 1. The Balaban J connectivity index is 1.72. The highest BCUT2D eigenvalue weighted by Crippen LogP contribution is 2.23. The second-order valence-corrected chi connectivity index (χ2v) is 6.90. The van der Waals surface area contributed by atoms with E-state index in [4.69, 9.17) is 18.8 Å². The third-order valence-corrected chi connectivity index (χ3v) is 4.54. The van der Waals surface area contributed by atoms with Crippen LogP contribution in [0.5, 0.6) is 5.75 Å². The van der Waals surface area contributed by atoms with Gasteiger partial charge in [0, 0.05) is 24.7 Å². The Bertz CT molecular complexity index is 1060. The van der Waals surface area contributed by atoms with Gasteiger partial charge in [-0.25, -0.2) is 9.18 Å². The van der Waals surface area contributed by atoms with Crippen molar-refractivity contribution in [3.05, 3.63) is 78.0 Å². The van der Waals surface area contributed by atoms with E-state index in [0.29, 0.717) is 41.7 Å². The lowest BCUT2D eigenvalue weighted by Gasteiger charge is -2.12. The number of carbonyl (C=O) groups is 1. The predicted octanol–water partition coefficient (Wildman–Crippen LogP) is 4.43. The molecule has 0 spiro atoms. The second-order valence-electron chi connectivity index (χ2n) is 6.90. The number of hydroxylamine groups is 1. The first-order valence-electron chi connectivity index (χ1n) is 10.4. The molecule has 0 bridgehead atoms. The molecule has 1 atom stereocenters. The number of benzene rings is 2. The predicted molar refractivity (Wildman–Crippen MR) is 118 cm³/mol. The number of carboxylic acids is 1.